The van der Waals surface area contributed by atoms with Gasteiger partial charge in [0.15, 0.2) is 0 Å². The molecule has 2 rings (SSSR count). The zero-order valence-corrected chi connectivity index (χ0v) is 11.1. The third-order valence-electron chi connectivity index (χ3n) is 3.91. The average Bonchev–Trinajstić information content (AvgIpc) is 2.95. The van der Waals surface area contributed by atoms with Crippen LogP contribution < -0.4 is 5.73 Å². The lowest BCUT2D eigenvalue weighted by Gasteiger charge is -2.31. The number of benzene rings is 1. The van der Waals surface area contributed by atoms with Gasteiger partial charge in [0.2, 0.25) is 0 Å². The first-order valence-corrected chi connectivity index (χ1v) is 6.60. The van der Waals surface area contributed by atoms with Crippen LogP contribution in [0.25, 0.3) is 0 Å². The van der Waals surface area contributed by atoms with Gasteiger partial charge in [-0.2, -0.15) is 0 Å². The van der Waals surface area contributed by atoms with Gasteiger partial charge >= 0.3 is 0 Å². The van der Waals surface area contributed by atoms with Gasteiger partial charge in [-0.3, -0.25) is 4.90 Å². The molecular formula is C15H24N2. The van der Waals surface area contributed by atoms with Gasteiger partial charge in [-0.25, -0.2) is 0 Å². The van der Waals surface area contributed by atoms with Crippen molar-refractivity contribution in [2.75, 3.05) is 13.6 Å². The minimum absolute atomic E-state index is 0.163. The SMILES string of the molecule is CC(N)C(c1ccccc1)N(C)CC1CC1C. The molecule has 0 heterocycles. The first kappa shape index (κ1) is 12.6. The average molecular weight is 232 g/mol. The minimum Gasteiger partial charge on any atom is -0.326 e. The number of hydrogen-bond acceptors (Lipinski definition) is 2. The molecule has 2 nitrogen and oxygen atoms in total. The highest BCUT2D eigenvalue weighted by Gasteiger charge is 2.35. The summed E-state index contributed by atoms with van der Waals surface area (Å²) < 4.78 is 0. The van der Waals surface area contributed by atoms with E-state index in [-0.39, 0.29) is 6.04 Å². The van der Waals surface area contributed by atoms with E-state index in [9.17, 15) is 0 Å². The lowest BCUT2D eigenvalue weighted by molar-refractivity contribution is 0.208. The Morgan fingerprint density at radius 2 is 1.94 bits per heavy atom. The van der Waals surface area contributed by atoms with Crippen LogP contribution in [-0.2, 0) is 0 Å². The van der Waals surface area contributed by atoms with Crippen molar-refractivity contribution < 1.29 is 0 Å². The van der Waals surface area contributed by atoms with Crippen molar-refractivity contribution in [2.24, 2.45) is 17.6 Å². The molecule has 0 bridgehead atoms. The van der Waals surface area contributed by atoms with E-state index in [1.54, 1.807) is 0 Å². The fraction of sp³-hybridized carbons (Fsp3) is 0.600. The van der Waals surface area contributed by atoms with Crippen molar-refractivity contribution in [1.82, 2.24) is 4.90 Å². The molecule has 0 spiro atoms. The topological polar surface area (TPSA) is 29.3 Å². The van der Waals surface area contributed by atoms with Crippen molar-refractivity contribution in [3.05, 3.63) is 35.9 Å². The number of nitrogens with zero attached hydrogens (tertiary/aromatic N) is 1. The van der Waals surface area contributed by atoms with Gasteiger partial charge in [0.25, 0.3) is 0 Å². The van der Waals surface area contributed by atoms with Gasteiger partial charge in [0.1, 0.15) is 0 Å². The lowest BCUT2D eigenvalue weighted by atomic mass is 9.99. The summed E-state index contributed by atoms with van der Waals surface area (Å²) in [5.74, 6) is 1.78. The van der Waals surface area contributed by atoms with Crippen LogP contribution >= 0.6 is 0 Å². The summed E-state index contributed by atoms with van der Waals surface area (Å²) in [4.78, 5) is 2.42. The van der Waals surface area contributed by atoms with Crippen molar-refractivity contribution in [2.45, 2.75) is 32.4 Å². The van der Waals surface area contributed by atoms with Gasteiger partial charge in [-0.15, -0.1) is 0 Å². The lowest BCUT2D eigenvalue weighted by Crippen LogP contribution is -2.38. The fourth-order valence-corrected chi connectivity index (χ4v) is 2.75. The molecule has 1 aliphatic rings. The van der Waals surface area contributed by atoms with E-state index in [0.29, 0.717) is 6.04 Å². The molecule has 0 radical (unpaired) electrons. The summed E-state index contributed by atoms with van der Waals surface area (Å²) >= 11 is 0. The first-order chi connectivity index (χ1) is 8.09. The van der Waals surface area contributed by atoms with E-state index in [0.717, 1.165) is 11.8 Å². The fourth-order valence-electron chi connectivity index (χ4n) is 2.75. The standard InChI is InChI=1S/C15H24N2/c1-11-9-14(11)10-17(3)15(12(2)16)13-7-5-4-6-8-13/h4-8,11-12,14-15H,9-10,16H2,1-3H3. The molecule has 1 fully saturated rings. The maximum Gasteiger partial charge on any atom is 0.0493 e. The summed E-state index contributed by atoms with van der Waals surface area (Å²) in [5, 5.41) is 0. The summed E-state index contributed by atoms with van der Waals surface area (Å²) in [5.41, 5.74) is 7.49. The summed E-state index contributed by atoms with van der Waals surface area (Å²) in [6.07, 6.45) is 1.38. The monoisotopic (exact) mass is 232 g/mol. The zero-order chi connectivity index (χ0) is 12.4. The quantitative estimate of drug-likeness (QED) is 0.845. The van der Waals surface area contributed by atoms with Gasteiger partial charge < -0.3 is 5.73 Å². The smallest absolute Gasteiger partial charge is 0.0493 e. The van der Waals surface area contributed by atoms with Crippen LogP contribution in [0.1, 0.15) is 31.9 Å². The van der Waals surface area contributed by atoms with E-state index in [1.807, 2.05) is 0 Å². The molecule has 17 heavy (non-hydrogen) atoms. The minimum atomic E-state index is 0.163. The van der Waals surface area contributed by atoms with E-state index in [1.165, 1.54) is 18.5 Å². The number of hydrogen-bond donors (Lipinski definition) is 1. The summed E-state index contributed by atoms with van der Waals surface area (Å²) in [6.45, 7) is 5.61. The molecule has 2 N–H and O–H groups in total. The normalized spacial score (nSPS) is 26.9. The third-order valence-corrected chi connectivity index (χ3v) is 3.91. The third kappa shape index (κ3) is 3.08. The number of likely N-dealkylation sites (N-methyl/N-ethyl adjacent to an activating group) is 1. The van der Waals surface area contributed by atoms with E-state index in [2.05, 4.69) is 56.1 Å². The van der Waals surface area contributed by atoms with Crippen LogP contribution in [0.15, 0.2) is 30.3 Å². The van der Waals surface area contributed by atoms with Gasteiger partial charge in [-0.1, -0.05) is 37.3 Å². The van der Waals surface area contributed by atoms with Crippen LogP contribution in [0.2, 0.25) is 0 Å². The Hall–Kier alpha value is -0.860. The second kappa shape index (κ2) is 5.19. The van der Waals surface area contributed by atoms with Gasteiger partial charge in [0.05, 0.1) is 0 Å². The Balaban J connectivity index is 2.06. The Bertz CT molecular complexity index is 347. The number of rotatable bonds is 5. The summed E-state index contributed by atoms with van der Waals surface area (Å²) in [7, 11) is 2.20. The zero-order valence-electron chi connectivity index (χ0n) is 11.1. The molecule has 0 aliphatic heterocycles. The van der Waals surface area contributed by atoms with E-state index < -0.39 is 0 Å². The van der Waals surface area contributed by atoms with Gasteiger partial charge in [0, 0.05) is 18.6 Å². The van der Waals surface area contributed by atoms with Crippen molar-refractivity contribution in [1.29, 1.82) is 0 Å². The predicted octanol–water partition coefficient (Wildman–Crippen LogP) is 2.66. The van der Waals surface area contributed by atoms with Gasteiger partial charge in [-0.05, 0) is 37.8 Å². The predicted molar refractivity (Wildman–Crippen MR) is 72.7 cm³/mol. The van der Waals surface area contributed by atoms with Crippen LogP contribution in [0.4, 0.5) is 0 Å². The first-order valence-electron chi connectivity index (χ1n) is 6.60. The van der Waals surface area contributed by atoms with Crippen LogP contribution in [-0.4, -0.2) is 24.5 Å². The molecular weight excluding hydrogens is 208 g/mol. The molecule has 0 amide bonds. The maximum absolute atomic E-state index is 6.16. The van der Waals surface area contributed by atoms with Crippen LogP contribution in [0.3, 0.4) is 0 Å². The largest absolute Gasteiger partial charge is 0.326 e. The Morgan fingerprint density at radius 1 is 1.35 bits per heavy atom. The van der Waals surface area contributed by atoms with Crippen LogP contribution in [0.5, 0.6) is 0 Å². The number of nitrogens with two attached hydrogens (primary N) is 1. The van der Waals surface area contributed by atoms with Crippen molar-refractivity contribution in [3.8, 4) is 0 Å². The highest BCUT2D eigenvalue weighted by Crippen LogP contribution is 2.39. The molecule has 2 heteroatoms. The Morgan fingerprint density at radius 3 is 2.41 bits per heavy atom. The molecule has 1 aromatic carbocycles. The second-order valence-corrected chi connectivity index (χ2v) is 5.63. The van der Waals surface area contributed by atoms with Crippen molar-refractivity contribution in [3.63, 3.8) is 0 Å². The molecule has 1 aliphatic carbocycles. The molecule has 0 saturated heterocycles. The van der Waals surface area contributed by atoms with E-state index in [4.69, 9.17) is 5.73 Å². The highest BCUT2D eigenvalue weighted by molar-refractivity contribution is 5.20. The van der Waals surface area contributed by atoms with Crippen LogP contribution in [0, 0.1) is 11.8 Å². The highest BCUT2D eigenvalue weighted by atomic mass is 15.2. The maximum atomic E-state index is 6.16. The second-order valence-electron chi connectivity index (χ2n) is 5.63. The molecule has 1 aromatic rings. The molecule has 94 valence electrons. The Kier molecular flexibility index (Phi) is 3.85. The Labute approximate surface area is 105 Å². The molecule has 4 atom stereocenters. The van der Waals surface area contributed by atoms with Crippen molar-refractivity contribution >= 4 is 0 Å². The molecule has 0 aromatic heterocycles. The molecule has 1 saturated carbocycles. The molecule has 4 unspecified atom stereocenters. The van der Waals surface area contributed by atoms with E-state index >= 15 is 0 Å². The summed E-state index contributed by atoms with van der Waals surface area (Å²) in [6, 6.07) is 11.1.